The van der Waals surface area contributed by atoms with Crippen molar-refractivity contribution in [3.8, 4) is 0 Å². The number of furan rings is 1. The quantitative estimate of drug-likeness (QED) is 0.359. The van der Waals surface area contributed by atoms with Gasteiger partial charge in [-0.25, -0.2) is 12.8 Å². The van der Waals surface area contributed by atoms with Crippen molar-refractivity contribution in [3.05, 3.63) is 90.1 Å². The van der Waals surface area contributed by atoms with Gasteiger partial charge in [0.15, 0.2) is 0 Å². The van der Waals surface area contributed by atoms with Gasteiger partial charge in [-0.3, -0.25) is 9.69 Å². The summed E-state index contributed by atoms with van der Waals surface area (Å²) in [5.41, 5.74) is 1.07. The van der Waals surface area contributed by atoms with Gasteiger partial charge in [0.1, 0.15) is 11.6 Å². The van der Waals surface area contributed by atoms with Crippen LogP contribution in [-0.2, 0) is 32.5 Å². The van der Waals surface area contributed by atoms with E-state index in [2.05, 4.69) is 4.90 Å². The third-order valence-electron chi connectivity index (χ3n) is 6.33. The summed E-state index contributed by atoms with van der Waals surface area (Å²) in [4.78, 5) is 17.2. The summed E-state index contributed by atoms with van der Waals surface area (Å²) in [7, 11) is -4.04. The van der Waals surface area contributed by atoms with Crippen LogP contribution in [0.5, 0.6) is 0 Å². The number of morpholine rings is 1. The summed E-state index contributed by atoms with van der Waals surface area (Å²) in [5, 5.41) is 0. The molecule has 1 saturated heterocycles. The van der Waals surface area contributed by atoms with Crippen molar-refractivity contribution in [2.24, 2.45) is 0 Å². The van der Waals surface area contributed by atoms with Crippen molar-refractivity contribution in [1.29, 1.82) is 0 Å². The van der Waals surface area contributed by atoms with Gasteiger partial charge in [0, 0.05) is 32.7 Å². The second kappa shape index (κ2) is 13.0. The van der Waals surface area contributed by atoms with Crippen LogP contribution in [0.3, 0.4) is 0 Å². The van der Waals surface area contributed by atoms with Gasteiger partial charge < -0.3 is 14.1 Å². The van der Waals surface area contributed by atoms with E-state index in [0.717, 1.165) is 17.7 Å². The molecule has 0 N–H and O–H groups in total. The summed E-state index contributed by atoms with van der Waals surface area (Å²) < 4.78 is 52.6. The number of hydrogen-bond acceptors (Lipinski definition) is 6. The second-order valence-corrected chi connectivity index (χ2v) is 10.8. The molecule has 8 nitrogen and oxygen atoms in total. The maximum Gasteiger partial charge on any atom is 0.243 e. The largest absolute Gasteiger partial charge is 0.467 e. The molecule has 37 heavy (non-hydrogen) atoms. The standard InChI is InChI=1S/C27H32FN3O5S/c28-24-8-10-26(11-9-24)37(33,34)31(15-14-29-16-19-35-20-17-29)22-27(32)30(21-25-7-4-18-36-25)13-12-23-5-2-1-3-6-23/h1-11,18H,12-17,19-22H2. The Hall–Kier alpha value is -3.05. The first-order valence-corrected chi connectivity index (χ1v) is 13.8. The van der Waals surface area contributed by atoms with Crippen LogP contribution in [-0.4, -0.2) is 80.9 Å². The highest BCUT2D eigenvalue weighted by Gasteiger charge is 2.29. The normalized spacial score (nSPS) is 14.6. The third-order valence-corrected chi connectivity index (χ3v) is 8.18. The lowest BCUT2D eigenvalue weighted by atomic mass is 10.1. The highest BCUT2D eigenvalue weighted by Crippen LogP contribution is 2.18. The molecule has 1 aliphatic rings. The number of carbonyl (C=O) groups excluding carboxylic acids is 1. The summed E-state index contributed by atoms with van der Waals surface area (Å²) in [6.45, 7) is 3.43. The van der Waals surface area contributed by atoms with Gasteiger partial charge in [-0.1, -0.05) is 30.3 Å². The summed E-state index contributed by atoms with van der Waals surface area (Å²) >= 11 is 0. The van der Waals surface area contributed by atoms with Crippen LogP contribution < -0.4 is 0 Å². The zero-order valence-electron chi connectivity index (χ0n) is 20.7. The second-order valence-electron chi connectivity index (χ2n) is 8.88. The molecule has 1 aromatic heterocycles. The monoisotopic (exact) mass is 529 g/mol. The maximum absolute atomic E-state index is 13.6. The van der Waals surface area contributed by atoms with Crippen LogP contribution in [0, 0.1) is 5.82 Å². The predicted octanol–water partition coefficient (Wildman–Crippen LogP) is 3.01. The topological polar surface area (TPSA) is 83.3 Å². The van der Waals surface area contributed by atoms with E-state index in [0.29, 0.717) is 51.6 Å². The van der Waals surface area contributed by atoms with E-state index < -0.39 is 15.8 Å². The lowest BCUT2D eigenvalue weighted by Crippen LogP contribution is -2.47. The molecule has 1 amide bonds. The lowest BCUT2D eigenvalue weighted by molar-refractivity contribution is -0.132. The van der Waals surface area contributed by atoms with Crippen LogP contribution in [0.25, 0.3) is 0 Å². The van der Waals surface area contributed by atoms with Crippen LogP contribution in [0.4, 0.5) is 4.39 Å². The molecule has 0 unspecified atom stereocenters. The number of hydrogen-bond donors (Lipinski definition) is 0. The first-order valence-electron chi connectivity index (χ1n) is 12.3. The molecule has 0 bridgehead atoms. The van der Waals surface area contributed by atoms with Gasteiger partial charge in [-0.15, -0.1) is 0 Å². The molecule has 4 rings (SSSR count). The Bertz CT molecular complexity index is 1210. The number of nitrogens with zero attached hydrogens (tertiary/aromatic N) is 3. The minimum atomic E-state index is -4.04. The summed E-state index contributed by atoms with van der Waals surface area (Å²) in [6.07, 6.45) is 2.16. The Morgan fingerprint density at radius 2 is 1.68 bits per heavy atom. The Kier molecular flexibility index (Phi) is 9.45. The SMILES string of the molecule is O=C(CN(CCN1CCOCC1)S(=O)(=O)c1ccc(F)cc1)N(CCc1ccccc1)Cc1ccco1. The third kappa shape index (κ3) is 7.72. The van der Waals surface area contributed by atoms with Crippen molar-refractivity contribution in [1.82, 2.24) is 14.1 Å². The summed E-state index contributed by atoms with van der Waals surface area (Å²) in [6, 6.07) is 18.0. The van der Waals surface area contributed by atoms with E-state index in [1.54, 1.807) is 23.3 Å². The Morgan fingerprint density at radius 3 is 2.35 bits per heavy atom. The average molecular weight is 530 g/mol. The van der Waals surface area contributed by atoms with Gasteiger partial charge in [-0.2, -0.15) is 4.31 Å². The van der Waals surface area contributed by atoms with Crippen molar-refractivity contribution in [3.63, 3.8) is 0 Å². The number of amides is 1. The van der Waals surface area contributed by atoms with Crippen molar-refractivity contribution < 1.29 is 26.8 Å². The van der Waals surface area contributed by atoms with Gasteiger partial charge >= 0.3 is 0 Å². The van der Waals surface area contributed by atoms with Gasteiger partial charge in [0.2, 0.25) is 15.9 Å². The van der Waals surface area contributed by atoms with Crippen LogP contribution >= 0.6 is 0 Å². The predicted molar refractivity (Wildman–Crippen MR) is 137 cm³/mol. The van der Waals surface area contributed by atoms with E-state index >= 15 is 0 Å². The maximum atomic E-state index is 13.6. The Balaban J connectivity index is 1.53. The molecular formula is C27H32FN3O5S. The van der Waals surface area contributed by atoms with Crippen LogP contribution in [0.15, 0.2) is 82.3 Å². The molecule has 1 aliphatic heterocycles. The molecule has 1 fully saturated rings. The van der Waals surface area contributed by atoms with E-state index in [4.69, 9.17) is 9.15 Å². The smallest absolute Gasteiger partial charge is 0.243 e. The molecular weight excluding hydrogens is 497 g/mol. The van der Waals surface area contributed by atoms with Crippen molar-refractivity contribution in [2.45, 2.75) is 17.9 Å². The molecule has 3 aromatic rings. The van der Waals surface area contributed by atoms with E-state index in [9.17, 15) is 17.6 Å². The number of rotatable bonds is 12. The molecule has 0 radical (unpaired) electrons. The molecule has 0 atom stereocenters. The van der Waals surface area contributed by atoms with Crippen LogP contribution in [0.2, 0.25) is 0 Å². The van der Waals surface area contributed by atoms with Crippen molar-refractivity contribution >= 4 is 15.9 Å². The number of halogens is 1. The molecule has 2 aromatic carbocycles. The highest BCUT2D eigenvalue weighted by molar-refractivity contribution is 7.89. The van der Waals surface area contributed by atoms with E-state index in [-0.39, 0.29) is 30.4 Å². The fraction of sp³-hybridized carbons (Fsp3) is 0.370. The molecule has 198 valence electrons. The molecule has 2 heterocycles. The molecule has 0 aliphatic carbocycles. The van der Waals surface area contributed by atoms with E-state index in [1.165, 1.54) is 16.4 Å². The zero-order chi connectivity index (χ0) is 26.1. The first-order chi connectivity index (χ1) is 17.9. The Morgan fingerprint density at radius 1 is 0.946 bits per heavy atom. The van der Waals surface area contributed by atoms with Gasteiger partial charge in [-0.05, 0) is 48.4 Å². The number of ether oxygens (including phenoxy) is 1. The molecule has 10 heteroatoms. The number of carbonyl (C=O) groups is 1. The fourth-order valence-electron chi connectivity index (χ4n) is 4.16. The number of benzene rings is 2. The average Bonchev–Trinajstić information content (AvgIpc) is 3.43. The summed E-state index contributed by atoms with van der Waals surface area (Å²) in [5.74, 6) is -0.247. The minimum absolute atomic E-state index is 0.0504. The first kappa shape index (κ1) is 27.0. The molecule has 0 spiro atoms. The van der Waals surface area contributed by atoms with Gasteiger partial charge in [0.05, 0.1) is 37.5 Å². The minimum Gasteiger partial charge on any atom is -0.467 e. The highest BCUT2D eigenvalue weighted by atomic mass is 32.2. The zero-order valence-corrected chi connectivity index (χ0v) is 21.5. The van der Waals surface area contributed by atoms with Crippen LogP contribution in [0.1, 0.15) is 11.3 Å². The van der Waals surface area contributed by atoms with Gasteiger partial charge in [0.25, 0.3) is 0 Å². The number of sulfonamides is 1. The lowest BCUT2D eigenvalue weighted by Gasteiger charge is -2.31. The fourth-order valence-corrected chi connectivity index (χ4v) is 5.54. The Labute approximate surface area is 217 Å². The van der Waals surface area contributed by atoms with E-state index in [1.807, 2.05) is 30.3 Å². The van der Waals surface area contributed by atoms with Crippen molar-refractivity contribution in [2.75, 3.05) is 52.5 Å². The molecule has 0 saturated carbocycles.